The molecular weight excluding hydrogens is 456 g/mol. The molecule has 0 saturated carbocycles. The second kappa shape index (κ2) is 9.27. The van der Waals surface area contributed by atoms with E-state index in [-0.39, 0.29) is 11.9 Å². The molecule has 2 unspecified atom stereocenters. The molecule has 1 amide bonds. The van der Waals surface area contributed by atoms with Crippen molar-refractivity contribution in [2.75, 3.05) is 49.4 Å². The number of methoxy groups -OCH3 is 1. The number of nitrogens with one attached hydrogen (secondary N) is 2. The fraction of sp³-hybridized carbons (Fsp3) is 0.385. The van der Waals surface area contributed by atoms with Gasteiger partial charge in [0.1, 0.15) is 0 Å². The number of anilines is 3. The summed E-state index contributed by atoms with van der Waals surface area (Å²) >= 11 is 0. The summed E-state index contributed by atoms with van der Waals surface area (Å²) in [5.74, 6) is -0.254. The molecule has 10 nitrogen and oxygen atoms in total. The molecule has 1 aliphatic rings. The molecular formula is C26H32N8O2. The number of carbonyl (C=O) groups excluding carboxylic acids is 1. The first-order valence-electron chi connectivity index (χ1n) is 12.1. The van der Waals surface area contributed by atoms with Crippen LogP contribution in [-0.2, 0) is 0 Å². The molecule has 188 valence electrons. The molecule has 0 bridgehead atoms. The van der Waals surface area contributed by atoms with Crippen molar-refractivity contribution in [2.24, 2.45) is 0 Å². The number of hydrogen-bond donors (Lipinski definition) is 2. The third kappa shape index (κ3) is 4.39. The lowest BCUT2D eigenvalue weighted by molar-refractivity contribution is 0.102. The van der Waals surface area contributed by atoms with Gasteiger partial charge in [0.15, 0.2) is 5.65 Å². The van der Waals surface area contributed by atoms with E-state index in [1.807, 2.05) is 60.9 Å². The summed E-state index contributed by atoms with van der Waals surface area (Å²) < 4.78 is 7.22. The minimum Gasteiger partial charge on any atom is -0.467 e. The van der Waals surface area contributed by atoms with Crippen LogP contribution in [0.25, 0.3) is 16.6 Å². The van der Waals surface area contributed by atoms with Gasteiger partial charge in [-0.15, -0.1) is 0 Å². The van der Waals surface area contributed by atoms with Gasteiger partial charge in [0.05, 0.1) is 35.3 Å². The van der Waals surface area contributed by atoms with Crippen LogP contribution in [0.2, 0.25) is 0 Å². The topological polar surface area (TPSA) is 99.9 Å². The van der Waals surface area contributed by atoms with Crippen molar-refractivity contribution in [1.82, 2.24) is 24.7 Å². The van der Waals surface area contributed by atoms with Gasteiger partial charge in [0.25, 0.3) is 5.91 Å². The van der Waals surface area contributed by atoms with E-state index >= 15 is 0 Å². The summed E-state index contributed by atoms with van der Waals surface area (Å²) in [7, 11) is 5.44. The van der Waals surface area contributed by atoms with Crippen LogP contribution in [0.15, 0.2) is 36.8 Å². The van der Waals surface area contributed by atoms with Gasteiger partial charge < -0.3 is 29.6 Å². The number of aryl methyl sites for hydroxylation is 1. The van der Waals surface area contributed by atoms with Gasteiger partial charge >= 0.3 is 6.01 Å². The Labute approximate surface area is 210 Å². The molecule has 0 aliphatic carbocycles. The quantitative estimate of drug-likeness (QED) is 0.442. The summed E-state index contributed by atoms with van der Waals surface area (Å²) in [4.78, 5) is 31.4. The number of pyridine rings is 1. The molecule has 3 aromatic heterocycles. The number of hydrogen-bond acceptors (Lipinski definition) is 8. The van der Waals surface area contributed by atoms with E-state index in [1.54, 1.807) is 6.20 Å². The molecule has 4 heterocycles. The average molecular weight is 489 g/mol. The van der Waals surface area contributed by atoms with Crippen molar-refractivity contribution in [3.05, 3.63) is 48.0 Å². The van der Waals surface area contributed by atoms with Crippen LogP contribution in [0, 0.1) is 6.92 Å². The normalized spacial score (nSPS) is 18.0. The number of carbonyl (C=O) groups is 1. The van der Waals surface area contributed by atoms with E-state index in [9.17, 15) is 4.79 Å². The summed E-state index contributed by atoms with van der Waals surface area (Å²) in [5, 5.41) is 7.44. The average Bonchev–Trinajstić information content (AvgIpc) is 3.21. The molecule has 1 aromatic carbocycles. The number of piperazine rings is 1. The summed E-state index contributed by atoms with van der Waals surface area (Å²) in [6.07, 6.45) is 5.56. The lowest BCUT2D eigenvalue weighted by atomic mass is 10.0. The molecule has 2 atom stereocenters. The largest absolute Gasteiger partial charge is 0.467 e. The van der Waals surface area contributed by atoms with E-state index in [4.69, 9.17) is 4.74 Å². The molecule has 5 rings (SSSR count). The maximum atomic E-state index is 13.6. The third-order valence-electron chi connectivity index (χ3n) is 6.42. The Morgan fingerprint density at radius 3 is 2.61 bits per heavy atom. The molecule has 10 heteroatoms. The molecule has 1 saturated heterocycles. The highest BCUT2D eigenvalue weighted by atomic mass is 16.5. The number of amides is 1. The van der Waals surface area contributed by atoms with Crippen molar-refractivity contribution >= 4 is 39.5 Å². The Morgan fingerprint density at radius 1 is 1.17 bits per heavy atom. The van der Waals surface area contributed by atoms with E-state index in [0.717, 1.165) is 41.2 Å². The predicted molar refractivity (Wildman–Crippen MR) is 143 cm³/mol. The summed E-state index contributed by atoms with van der Waals surface area (Å²) in [6, 6.07) is 6.67. The fourth-order valence-electron chi connectivity index (χ4n) is 4.97. The van der Waals surface area contributed by atoms with Gasteiger partial charge in [0, 0.05) is 68.9 Å². The third-order valence-corrected chi connectivity index (χ3v) is 6.42. The smallest absolute Gasteiger partial charge is 0.316 e. The molecule has 2 N–H and O–H groups in total. The highest BCUT2D eigenvalue weighted by molar-refractivity contribution is 6.14. The zero-order valence-electron chi connectivity index (χ0n) is 21.5. The van der Waals surface area contributed by atoms with Gasteiger partial charge in [-0.25, -0.2) is 9.97 Å². The Kier molecular flexibility index (Phi) is 6.13. The van der Waals surface area contributed by atoms with Crippen LogP contribution in [0.3, 0.4) is 0 Å². The van der Waals surface area contributed by atoms with Crippen LogP contribution >= 0.6 is 0 Å². The first kappa shape index (κ1) is 23.8. The van der Waals surface area contributed by atoms with Crippen LogP contribution in [0.4, 0.5) is 17.1 Å². The zero-order valence-corrected chi connectivity index (χ0v) is 21.5. The number of nitrogens with zero attached hydrogens (tertiary/aromatic N) is 6. The Bertz CT molecular complexity index is 1440. The first-order chi connectivity index (χ1) is 17.2. The van der Waals surface area contributed by atoms with Crippen LogP contribution in [0.5, 0.6) is 6.01 Å². The standard InChI is InChI=1S/C26H32N8O2/c1-15-11-33(12-16(2)28-15)21-8-7-19(23-20(21)10-27-26(31-23)36-6)25(35)30-18-9-22(32(4)5)24-29-17(3)13-34(24)14-18/h7-10,13-16,28H,11-12H2,1-6H3,(H,30,35). The van der Waals surface area contributed by atoms with E-state index in [0.29, 0.717) is 28.9 Å². The number of rotatable bonds is 5. The maximum absolute atomic E-state index is 13.6. The van der Waals surface area contributed by atoms with Gasteiger partial charge in [-0.1, -0.05) is 0 Å². The van der Waals surface area contributed by atoms with Crippen LogP contribution in [-0.4, -0.2) is 71.6 Å². The Hall–Kier alpha value is -3.92. The van der Waals surface area contributed by atoms with Crippen molar-refractivity contribution < 1.29 is 9.53 Å². The van der Waals surface area contributed by atoms with Gasteiger partial charge in [-0.2, -0.15) is 4.98 Å². The molecule has 36 heavy (non-hydrogen) atoms. The van der Waals surface area contributed by atoms with Crippen LogP contribution < -0.4 is 25.2 Å². The van der Waals surface area contributed by atoms with Gasteiger partial charge in [0.2, 0.25) is 0 Å². The molecule has 0 radical (unpaired) electrons. The monoisotopic (exact) mass is 488 g/mol. The van der Waals surface area contributed by atoms with Crippen LogP contribution in [0.1, 0.15) is 29.9 Å². The highest BCUT2D eigenvalue weighted by Crippen LogP contribution is 2.31. The summed E-state index contributed by atoms with van der Waals surface area (Å²) in [5.41, 5.74) is 5.34. The van der Waals surface area contributed by atoms with Crippen molar-refractivity contribution in [3.63, 3.8) is 0 Å². The lowest BCUT2D eigenvalue weighted by Gasteiger charge is -2.38. The van der Waals surface area contributed by atoms with Crippen molar-refractivity contribution in [1.29, 1.82) is 0 Å². The minimum absolute atomic E-state index is 0.223. The molecule has 1 fully saturated rings. The minimum atomic E-state index is -0.254. The van der Waals surface area contributed by atoms with Gasteiger partial charge in [-0.3, -0.25) is 4.79 Å². The number of ether oxygens (including phenoxy) is 1. The second-order valence-corrected chi connectivity index (χ2v) is 9.70. The van der Waals surface area contributed by atoms with E-state index in [1.165, 1.54) is 7.11 Å². The Morgan fingerprint density at radius 2 is 1.92 bits per heavy atom. The van der Waals surface area contributed by atoms with Crippen molar-refractivity contribution in [3.8, 4) is 6.01 Å². The van der Waals surface area contributed by atoms with E-state index in [2.05, 4.69) is 44.3 Å². The molecule has 0 spiro atoms. The summed E-state index contributed by atoms with van der Waals surface area (Å²) in [6.45, 7) is 8.01. The number of fused-ring (bicyclic) bond motifs is 2. The SMILES string of the molecule is COc1ncc2c(N3CC(C)NC(C)C3)ccc(C(=O)Nc3cc(N(C)C)c4nc(C)cn4c3)c2n1. The zero-order chi connectivity index (χ0) is 25.6. The number of benzene rings is 1. The number of aromatic nitrogens is 4. The fourth-order valence-corrected chi connectivity index (χ4v) is 4.97. The van der Waals surface area contributed by atoms with Gasteiger partial charge in [-0.05, 0) is 39.0 Å². The highest BCUT2D eigenvalue weighted by Gasteiger charge is 2.25. The first-order valence-corrected chi connectivity index (χ1v) is 12.1. The lowest BCUT2D eigenvalue weighted by Crippen LogP contribution is -2.54. The molecule has 1 aliphatic heterocycles. The second-order valence-electron chi connectivity index (χ2n) is 9.70. The maximum Gasteiger partial charge on any atom is 0.316 e. The number of imidazole rings is 1. The van der Waals surface area contributed by atoms with Crippen molar-refractivity contribution in [2.45, 2.75) is 32.9 Å². The van der Waals surface area contributed by atoms with E-state index < -0.39 is 0 Å². The Balaban J connectivity index is 1.55. The molecule has 4 aromatic rings. The predicted octanol–water partition coefficient (Wildman–Crippen LogP) is 3.10.